The van der Waals surface area contributed by atoms with Crippen molar-refractivity contribution in [2.45, 2.75) is 81.5 Å². The second-order valence-electron chi connectivity index (χ2n) is 12.5. The molecule has 1 fully saturated rings. The van der Waals surface area contributed by atoms with E-state index in [9.17, 15) is 24.6 Å². The standard InChI is InChI=1S/C40H44N2O8S/c43-25-27-11-13-29(14-12-27)36-23-33(26-51-34-21-19-30(20-22-34)39(46)47)49-40(50-36)31-17-15-28(16-18-31)35-8-6-5-7-32(35)24-41-37(44)9-3-1-2-4-10-38(45)42-48/h5-8,11-22,33,36,40,43,48H,1-4,9-10,23-26H2,(H,41,44)(H,42,45)(H,46,47)/t33-,36+,40+/m1/s1. The Balaban J connectivity index is 1.22. The highest BCUT2D eigenvalue weighted by Crippen LogP contribution is 2.40. The molecule has 3 atom stereocenters. The van der Waals surface area contributed by atoms with Gasteiger partial charge in [-0.05, 0) is 64.9 Å². The van der Waals surface area contributed by atoms with Gasteiger partial charge in [0, 0.05) is 42.0 Å². The Morgan fingerprint density at radius 2 is 1.43 bits per heavy atom. The van der Waals surface area contributed by atoms with Crippen molar-refractivity contribution in [3.63, 3.8) is 0 Å². The molecule has 5 N–H and O–H groups in total. The summed E-state index contributed by atoms with van der Waals surface area (Å²) in [5.41, 5.74) is 7.59. The SMILES string of the molecule is O=C(CCCCCCC(=O)NCc1ccccc1-c1ccc([C@H]2O[C@@H](CSc3ccc(C(=O)O)cc3)C[C@@H](c3ccc(CO)cc3)O2)cc1)NO. The molecule has 0 unspecified atom stereocenters. The number of hydrogen-bond acceptors (Lipinski definition) is 8. The van der Waals surface area contributed by atoms with Gasteiger partial charge < -0.3 is 25.0 Å². The maximum Gasteiger partial charge on any atom is 0.335 e. The van der Waals surface area contributed by atoms with Gasteiger partial charge in [0.1, 0.15) is 0 Å². The van der Waals surface area contributed by atoms with Crippen LogP contribution in [0.4, 0.5) is 0 Å². The van der Waals surface area contributed by atoms with Crippen LogP contribution in [0.2, 0.25) is 0 Å². The number of thioether (sulfide) groups is 1. The van der Waals surface area contributed by atoms with Crippen LogP contribution in [0, 0.1) is 0 Å². The molecule has 0 radical (unpaired) electrons. The summed E-state index contributed by atoms with van der Waals surface area (Å²) < 4.78 is 13.0. The third kappa shape index (κ3) is 11.2. The lowest BCUT2D eigenvalue weighted by molar-refractivity contribution is -0.245. The first-order valence-corrected chi connectivity index (χ1v) is 18.2. The molecule has 51 heavy (non-hydrogen) atoms. The van der Waals surface area contributed by atoms with Crippen molar-refractivity contribution in [2.75, 3.05) is 5.75 Å². The number of aliphatic hydroxyl groups excluding tert-OH is 1. The van der Waals surface area contributed by atoms with Crippen LogP contribution in [0.1, 0.15) is 90.0 Å². The summed E-state index contributed by atoms with van der Waals surface area (Å²) in [5.74, 6) is -0.721. The Hall–Kier alpha value is -4.52. The number of carboxylic acid groups (broad SMARTS) is 1. The van der Waals surface area contributed by atoms with E-state index in [0.29, 0.717) is 31.6 Å². The Morgan fingerprint density at radius 3 is 2.10 bits per heavy atom. The largest absolute Gasteiger partial charge is 0.478 e. The number of carbonyl (C=O) groups excluding carboxylic acids is 2. The monoisotopic (exact) mass is 712 g/mol. The van der Waals surface area contributed by atoms with Gasteiger partial charge in [-0.1, -0.05) is 85.6 Å². The molecule has 0 saturated carbocycles. The van der Waals surface area contributed by atoms with E-state index in [-0.39, 0.29) is 36.7 Å². The Kier molecular flexibility index (Phi) is 14.2. The van der Waals surface area contributed by atoms with Gasteiger partial charge in [-0.3, -0.25) is 14.8 Å². The van der Waals surface area contributed by atoms with Crippen LogP contribution in [0.3, 0.4) is 0 Å². The first-order valence-electron chi connectivity index (χ1n) is 17.2. The zero-order valence-electron chi connectivity index (χ0n) is 28.3. The highest BCUT2D eigenvalue weighted by atomic mass is 32.2. The summed E-state index contributed by atoms with van der Waals surface area (Å²) >= 11 is 1.61. The van der Waals surface area contributed by atoms with E-state index in [1.807, 2.05) is 84.9 Å². The van der Waals surface area contributed by atoms with Gasteiger partial charge in [-0.2, -0.15) is 0 Å². The zero-order valence-corrected chi connectivity index (χ0v) is 29.1. The van der Waals surface area contributed by atoms with Crippen LogP contribution in [-0.4, -0.2) is 45.1 Å². The quantitative estimate of drug-likeness (QED) is 0.0327. The van der Waals surface area contributed by atoms with Crippen molar-refractivity contribution in [1.82, 2.24) is 10.8 Å². The number of hydroxylamine groups is 1. The van der Waals surface area contributed by atoms with Crippen molar-refractivity contribution >= 4 is 29.5 Å². The number of aromatic carboxylic acids is 1. The topological polar surface area (TPSA) is 154 Å². The van der Waals surface area contributed by atoms with E-state index >= 15 is 0 Å². The van der Waals surface area contributed by atoms with Gasteiger partial charge in [0.05, 0.1) is 24.4 Å². The average Bonchev–Trinajstić information content (AvgIpc) is 3.17. The molecular formula is C40H44N2O8S. The van der Waals surface area contributed by atoms with Crippen LogP contribution in [0.15, 0.2) is 102 Å². The van der Waals surface area contributed by atoms with E-state index in [4.69, 9.17) is 14.7 Å². The van der Waals surface area contributed by atoms with Crippen LogP contribution in [0.5, 0.6) is 0 Å². The maximum absolute atomic E-state index is 12.6. The molecule has 1 aliphatic rings. The third-order valence-corrected chi connectivity index (χ3v) is 9.97. The summed E-state index contributed by atoms with van der Waals surface area (Å²) in [6.45, 7) is 0.368. The molecule has 4 aromatic rings. The lowest BCUT2D eigenvalue weighted by atomic mass is 9.97. The highest BCUT2D eigenvalue weighted by molar-refractivity contribution is 7.99. The molecule has 2 amide bonds. The van der Waals surface area contributed by atoms with E-state index in [1.165, 1.54) is 0 Å². The van der Waals surface area contributed by atoms with Gasteiger partial charge >= 0.3 is 5.97 Å². The van der Waals surface area contributed by atoms with Crippen molar-refractivity contribution in [3.8, 4) is 11.1 Å². The molecule has 0 bridgehead atoms. The fourth-order valence-electron chi connectivity index (χ4n) is 5.94. The van der Waals surface area contributed by atoms with Crippen molar-refractivity contribution < 1.29 is 39.3 Å². The van der Waals surface area contributed by atoms with E-state index < -0.39 is 18.2 Å². The Labute approximate surface area is 302 Å². The van der Waals surface area contributed by atoms with Crippen molar-refractivity contribution in [3.05, 3.63) is 125 Å². The minimum Gasteiger partial charge on any atom is -0.478 e. The second kappa shape index (κ2) is 19.2. The van der Waals surface area contributed by atoms with Gasteiger partial charge in [0.2, 0.25) is 11.8 Å². The molecule has 0 aliphatic carbocycles. The number of ether oxygens (including phenoxy) is 2. The number of amides is 2. The molecule has 0 aromatic heterocycles. The molecular weight excluding hydrogens is 669 g/mol. The summed E-state index contributed by atoms with van der Waals surface area (Å²) in [4.78, 5) is 35.9. The number of carboxylic acids is 1. The molecule has 268 valence electrons. The lowest BCUT2D eigenvalue weighted by Crippen LogP contribution is -2.31. The van der Waals surface area contributed by atoms with Gasteiger partial charge in [-0.25, -0.2) is 10.3 Å². The number of hydrogen-bond donors (Lipinski definition) is 5. The van der Waals surface area contributed by atoms with Crippen LogP contribution >= 0.6 is 11.8 Å². The highest BCUT2D eigenvalue weighted by Gasteiger charge is 2.32. The normalized spacial score (nSPS) is 17.1. The third-order valence-electron chi connectivity index (χ3n) is 8.82. The van der Waals surface area contributed by atoms with Gasteiger partial charge in [0.15, 0.2) is 6.29 Å². The Bertz CT molecular complexity index is 1730. The number of unbranched alkanes of at least 4 members (excludes halogenated alkanes) is 3. The summed E-state index contributed by atoms with van der Waals surface area (Å²) in [5, 5.41) is 30.4. The van der Waals surface area contributed by atoms with Gasteiger partial charge in [0.25, 0.3) is 0 Å². The van der Waals surface area contributed by atoms with Crippen LogP contribution in [0.25, 0.3) is 11.1 Å². The number of aliphatic hydroxyl groups is 1. The zero-order chi connectivity index (χ0) is 36.0. The van der Waals surface area contributed by atoms with Crippen LogP contribution in [-0.2, 0) is 32.2 Å². The fraction of sp³-hybridized carbons (Fsp3) is 0.325. The molecule has 0 spiro atoms. The number of benzene rings is 4. The van der Waals surface area contributed by atoms with Gasteiger partial charge in [-0.15, -0.1) is 11.8 Å². The maximum atomic E-state index is 12.6. The predicted molar refractivity (Wildman–Crippen MR) is 194 cm³/mol. The molecule has 1 saturated heterocycles. The van der Waals surface area contributed by atoms with Crippen molar-refractivity contribution in [2.24, 2.45) is 0 Å². The number of rotatable bonds is 17. The molecule has 4 aromatic carbocycles. The van der Waals surface area contributed by atoms with E-state index in [0.717, 1.165) is 57.5 Å². The minimum atomic E-state index is -0.956. The number of carbonyl (C=O) groups is 3. The molecule has 5 rings (SSSR count). The minimum absolute atomic E-state index is 0.0228. The summed E-state index contributed by atoms with van der Waals surface area (Å²) in [7, 11) is 0. The lowest BCUT2D eigenvalue weighted by Gasteiger charge is -2.36. The molecule has 10 nitrogen and oxygen atoms in total. The first-order chi connectivity index (χ1) is 24.8. The van der Waals surface area contributed by atoms with E-state index in [2.05, 4.69) is 5.32 Å². The first kappa shape index (κ1) is 37.7. The predicted octanol–water partition coefficient (Wildman–Crippen LogP) is 7.34. The molecule has 11 heteroatoms. The van der Waals surface area contributed by atoms with Crippen LogP contribution < -0.4 is 10.8 Å². The van der Waals surface area contributed by atoms with Crippen molar-refractivity contribution in [1.29, 1.82) is 0 Å². The summed E-state index contributed by atoms with van der Waals surface area (Å²) in [6, 6.07) is 30.6. The molecule has 1 heterocycles. The average molecular weight is 713 g/mol. The smallest absolute Gasteiger partial charge is 0.335 e. The molecule has 1 aliphatic heterocycles. The fourth-order valence-corrected chi connectivity index (χ4v) is 6.87. The number of nitrogens with one attached hydrogen (secondary N) is 2. The van der Waals surface area contributed by atoms with E-state index in [1.54, 1.807) is 29.4 Å². The summed E-state index contributed by atoms with van der Waals surface area (Å²) in [6.07, 6.45) is 3.39. The Morgan fingerprint density at radius 1 is 0.765 bits per heavy atom. The second-order valence-corrected chi connectivity index (χ2v) is 13.6.